The number of hydrogen-bond acceptors (Lipinski definition) is 4. The van der Waals surface area contributed by atoms with E-state index in [4.69, 9.17) is 4.43 Å². The van der Waals surface area contributed by atoms with Crippen molar-refractivity contribution < 1.29 is 14.3 Å². The van der Waals surface area contributed by atoms with E-state index in [1.807, 2.05) is 11.4 Å². The van der Waals surface area contributed by atoms with Gasteiger partial charge in [-0.05, 0) is 46.6 Å². The topological polar surface area (TPSA) is 70.3 Å². The third kappa shape index (κ3) is 3.76. The monoisotopic (exact) mass is 403 g/mol. The molecule has 0 aliphatic carbocycles. The number of thiophene rings is 1. The number of aliphatic carboxylic acids is 1. The summed E-state index contributed by atoms with van der Waals surface area (Å²) in [5, 5.41) is 21.7. The van der Waals surface area contributed by atoms with Gasteiger partial charge >= 0.3 is 5.97 Å². The quantitative estimate of drug-likeness (QED) is 0.535. The normalized spacial score (nSPS) is 13.4. The largest absolute Gasteiger partial charge is 0.543 e. The highest BCUT2D eigenvalue weighted by molar-refractivity contribution is 7.17. The summed E-state index contributed by atoms with van der Waals surface area (Å²) in [6.45, 7) is 15.0. The maximum Gasteiger partial charge on any atom is 0.310 e. The Balaban J connectivity index is 2.62. The molecule has 27 heavy (non-hydrogen) atoms. The first-order valence-electron chi connectivity index (χ1n) is 9.43. The molecule has 1 N–H and O–H groups in total. The van der Waals surface area contributed by atoms with Gasteiger partial charge in [-0.3, -0.25) is 4.79 Å². The Bertz CT molecular complexity index is 858. The Morgan fingerprint density at radius 3 is 2.11 bits per heavy atom. The molecule has 1 atom stereocenters. The second-order valence-corrected chi connectivity index (χ2v) is 14.4. The van der Waals surface area contributed by atoms with Crippen LogP contribution >= 0.6 is 11.3 Å². The van der Waals surface area contributed by atoms with Gasteiger partial charge in [0.15, 0.2) is 0 Å². The summed E-state index contributed by atoms with van der Waals surface area (Å²) in [5.74, 6) is -0.795. The molecular weight excluding hydrogens is 374 g/mol. The van der Waals surface area contributed by atoms with Gasteiger partial charge in [-0.15, -0.1) is 11.3 Å². The third-order valence-electron chi connectivity index (χ3n) is 5.64. The number of carbonyl (C=O) groups is 1. The lowest BCUT2D eigenvalue weighted by Gasteiger charge is -2.42. The molecule has 0 fully saturated rings. The highest BCUT2D eigenvalue weighted by Gasteiger charge is 2.47. The van der Waals surface area contributed by atoms with Gasteiger partial charge in [0.2, 0.25) is 0 Å². The van der Waals surface area contributed by atoms with E-state index in [2.05, 4.69) is 47.6 Å². The molecule has 1 heterocycles. The summed E-state index contributed by atoms with van der Waals surface area (Å²) in [6.07, 6.45) is 0. The van der Waals surface area contributed by atoms with Gasteiger partial charge in [0.25, 0.3) is 8.32 Å². The number of hydrogen-bond donors (Lipinski definition) is 1. The van der Waals surface area contributed by atoms with Crippen molar-refractivity contribution in [2.45, 2.75) is 71.0 Å². The summed E-state index contributed by atoms with van der Waals surface area (Å²) >= 11 is 1.48. The summed E-state index contributed by atoms with van der Waals surface area (Å²) < 4.78 is 7.64. The van der Waals surface area contributed by atoms with Crippen LogP contribution in [0.1, 0.15) is 65.5 Å². The van der Waals surface area contributed by atoms with E-state index in [-0.39, 0.29) is 0 Å². The molecule has 0 spiro atoms. The molecule has 2 aromatic rings. The molecule has 0 saturated carbocycles. The van der Waals surface area contributed by atoms with Crippen LogP contribution in [0.15, 0.2) is 17.5 Å². The minimum absolute atomic E-state index is 0.435. The summed E-state index contributed by atoms with van der Waals surface area (Å²) in [7, 11) is -2.12. The van der Waals surface area contributed by atoms with Gasteiger partial charge < -0.3 is 9.53 Å². The highest BCUT2D eigenvalue weighted by atomic mass is 32.1. The zero-order chi connectivity index (χ0) is 20.5. The second-order valence-electron chi connectivity index (χ2n) is 8.13. The lowest BCUT2D eigenvalue weighted by molar-refractivity contribution is -0.138. The summed E-state index contributed by atoms with van der Waals surface area (Å²) in [6, 6.07) is 6.03. The summed E-state index contributed by atoms with van der Waals surface area (Å²) in [5.41, 5.74) is 2.50. The highest BCUT2D eigenvalue weighted by Crippen LogP contribution is 2.44. The summed E-state index contributed by atoms with van der Waals surface area (Å²) in [4.78, 5) is 11.4. The van der Waals surface area contributed by atoms with Crippen LogP contribution in [-0.4, -0.2) is 19.4 Å². The van der Waals surface area contributed by atoms with Crippen LogP contribution in [0.4, 0.5) is 0 Å². The fourth-order valence-corrected chi connectivity index (χ4v) is 10.7. The van der Waals surface area contributed by atoms with Crippen molar-refractivity contribution in [3.63, 3.8) is 0 Å². The van der Waals surface area contributed by atoms with Crippen LogP contribution in [0.2, 0.25) is 16.6 Å². The number of rotatable bonds is 7. The molecule has 6 heteroatoms. The van der Waals surface area contributed by atoms with E-state index in [1.165, 1.54) is 11.3 Å². The average Bonchev–Trinajstić information content (AvgIpc) is 3.00. The average molecular weight is 404 g/mol. The van der Waals surface area contributed by atoms with Gasteiger partial charge in [-0.25, -0.2) is 0 Å². The Hall–Kier alpha value is -1.84. The minimum atomic E-state index is -2.12. The van der Waals surface area contributed by atoms with Crippen molar-refractivity contribution in [2.75, 3.05) is 0 Å². The maximum atomic E-state index is 11.4. The lowest BCUT2D eigenvalue weighted by atomic mass is 9.97. The molecule has 0 aliphatic rings. The van der Waals surface area contributed by atoms with Crippen molar-refractivity contribution in [2.24, 2.45) is 0 Å². The van der Waals surface area contributed by atoms with E-state index < -0.39 is 20.2 Å². The number of nitrogens with zero attached hydrogens (tertiary/aromatic N) is 1. The standard InChI is InChI=1S/C21H29NO3SSi/c1-12(2)27(13(3)4,14(5)6)25-17-8-16(10-22)20-18(15(7)21(23)24)11-26-19(20)9-17/h8-9,11-15H,1-7H3,(H,23,24). The predicted molar refractivity (Wildman–Crippen MR) is 114 cm³/mol. The van der Waals surface area contributed by atoms with Crippen LogP contribution < -0.4 is 4.43 Å². The fraction of sp³-hybridized carbons (Fsp3) is 0.524. The Morgan fingerprint density at radius 2 is 1.67 bits per heavy atom. The molecule has 1 aromatic carbocycles. The van der Waals surface area contributed by atoms with E-state index in [1.54, 1.807) is 13.0 Å². The third-order valence-corrected chi connectivity index (χ3v) is 12.6. The molecule has 0 amide bonds. The van der Waals surface area contributed by atoms with Gasteiger partial charge in [0.1, 0.15) is 5.75 Å². The Kier molecular flexibility index (Phi) is 6.38. The van der Waals surface area contributed by atoms with E-state index >= 15 is 0 Å². The molecular formula is C21H29NO3SSi. The van der Waals surface area contributed by atoms with Crippen molar-refractivity contribution in [1.29, 1.82) is 5.26 Å². The Labute approximate surface area is 166 Å². The number of carboxylic acid groups (broad SMARTS) is 1. The van der Waals surface area contributed by atoms with E-state index in [0.717, 1.165) is 15.8 Å². The number of benzene rings is 1. The van der Waals surface area contributed by atoms with Crippen LogP contribution in [0.3, 0.4) is 0 Å². The van der Waals surface area contributed by atoms with Gasteiger partial charge in [-0.2, -0.15) is 5.26 Å². The first kappa shape index (κ1) is 21.5. The first-order chi connectivity index (χ1) is 12.6. The molecule has 0 bridgehead atoms. The minimum Gasteiger partial charge on any atom is -0.543 e. The predicted octanol–water partition coefficient (Wildman–Crippen LogP) is 6.52. The molecule has 0 saturated heterocycles. The SMILES string of the molecule is CC(C(=O)O)c1csc2cc(O[Si](C(C)C)(C(C)C)C(C)C)cc(C#N)c12. The number of fused-ring (bicyclic) bond motifs is 1. The maximum absolute atomic E-state index is 11.4. The Morgan fingerprint density at radius 1 is 1.11 bits per heavy atom. The molecule has 1 unspecified atom stereocenters. The zero-order valence-corrected chi connectivity index (χ0v) is 19.0. The van der Waals surface area contributed by atoms with Crippen LogP contribution in [0.25, 0.3) is 10.1 Å². The molecule has 0 aliphatic heterocycles. The van der Waals surface area contributed by atoms with Crippen LogP contribution in [-0.2, 0) is 4.79 Å². The molecule has 2 rings (SSSR count). The van der Waals surface area contributed by atoms with Crippen LogP contribution in [0, 0.1) is 11.3 Å². The molecule has 0 radical (unpaired) electrons. The molecule has 1 aromatic heterocycles. The molecule has 146 valence electrons. The zero-order valence-electron chi connectivity index (χ0n) is 17.2. The van der Waals surface area contributed by atoms with Gasteiger partial charge in [0, 0.05) is 10.1 Å². The second kappa shape index (κ2) is 8.03. The number of carboxylic acids is 1. The first-order valence-corrected chi connectivity index (χ1v) is 12.4. The smallest absolute Gasteiger partial charge is 0.310 e. The molecule has 4 nitrogen and oxygen atoms in total. The van der Waals surface area contributed by atoms with Crippen molar-refractivity contribution in [1.82, 2.24) is 0 Å². The van der Waals surface area contributed by atoms with E-state index in [9.17, 15) is 15.2 Å². The fourth-order valence-electron chi connectivity index (χ4n) is 4.32. The van der Waals surface area contributed by atoms with Crippen molar-refractivity contribution in [3.8, 4) is 11.8 Å². The number of nitriles is 1. The van der Waals surface area contributed by atoms with Gasteiger partial charge in [0.05, 0.1) is 17.6 Å². The lowest BCUT2D eigenvalue weighted by Crippen LogP contribution is -2.50. The van der Waals surface area contributed by atoms with Crippen LogP contribution in [0.5, 0.6) is 5.75 Å². The van der Waals surface area contributed by atoms with Crippen molar-refractivity contribution in [3.05, 3.63) is 28.6 Å². The van der Waals surface area contributed by atoms with Crippen molar-refractivity contribution >= 4 is 35.7 Å². The van der Waals surface area contributed by atoms with E-state index in [0.29, 0.717) is 27.8 Å². The van der Waals surface area contributed by atoms with Gasteiger partial charge in [-0.1, -0.05) is 41.5 Å².